The zero-order valence-corrected chi connectivity index (χ0v) is 46.2. The summed E-state index contributed by atoms with van der Waals surface area (Å²) in [5, 5.41) is 32.7. The van der Waals surface area contributed by atoms with Crippen molar-refractivity contribution in [3.05, 3.63) is 125 Å². The summed E-state index contributed by atoms with van der Waals surface area (Å²) < 4.78 is 0. The van der Waals surface area contributed by atoms with E-state index in [0.717, 1.165) is 22.0 Å². The first-order valence-electron chi connectivity index (χ1n) is 26.5. The molecule has 0 spiro atoms. The van der Waals surface area contributed by atoms with Crippen molar-refractivity contribution in [2.45, 2.75) is 128 Å². The zero-order chi connectivity index (χ0) is 58.5. The number of amides is 8. The maximum absolute atomic E-state index is 14.2. The van der Waals surface area contributed by atoms with E-state index in [1.807, 2.05) is 32.0 Å². The Labute approximate surface area is 469 Å². The van der Waals surface area contributed by atoms with Crippen LogP contribution in [0.15, 0.2) is 97.6 Å². The third kappa shape index (κ3) is 20.3. The highest BCUT2D eigenvalue weighted by Gasteiger charge is 2.33. The molecule has 0 fully saturated rings. The van der Waals surface area contributed by atoms with Gasteiger partial charge in [-0.1, -0.05) is 100.0 Å². The van der Waals surface area contributed by atoms with E-state index in [9.17, 15) is 48.3 Å². The number of aromatic nitrogens is 3. The van der Waals surface area contributed by atoms with Gasteiger partial charge in [-0.05, 0) is 79.3 Å². The Kier molecular flexibility index (Phi) is 24.2. The summed E-state index contributed by atoms with van der Waals surface area (Å²) in [6.45, 7) is 8.20. The molecular formula is C56H74ClN13O10. The summed E-state index contributed by atoms with van der Waals surface area (Å²) in [6, 6.07) is 14.3. The number of hydrogen-bond acceptors (Lipinski definition) is 12. The van der Waals surface area contributed by atoms with Crippen molar-refractivity contribution in [3.8, 4) is 0 Å². The minimum Gasteiger partial charge on any atom is -0.481 e. The van der Waals surface area contributed by atoms with E-state index in [0.29, 0.717) is 22.7 Å². The van der Waals surface area contributed by atoms with Gasteiger partial charge in [0.2, 0.25) is 47.3 Å². The van der Waals surface area contributed by atoms with E-state index in [1.165, 1.54) is 19.4 Å². The number of nitrogens with one attached hydrogen (secondary N) is 10. The minimum atomic E-state index is -1.42. The summed E-state index contributed by atoms with van der Waals surface area (Å²) in [5.41, 5.74) is 15.4. The average Bonchev–Trinajstić information content (AvgIpc) is 4.09. The number of primary amides is 1. The van der Waals surface area contributed by atoms with Crippen molar-refractivity contribution in [2.75, 3.05) is 13.1 Å². The van der Waals surface area contributed by atoms with Gasteiger partial charge in [0.1, 0.15) is 30.2 Å². The summed E-state index contributed by atoms with van der Waals surface area (Å²) in [5.74, 6) is -7.46. The molecule has 3 aromatic carbocycles. The van der Waals surface area contributed by atoms with E-state index < -0.39 is 120 Å². The minimum absolute atomic E-state index is 0.000191. The molecule has 2 aromatic heterocycles. The first kappa shape index (κ1) is 62.7. The third-order valence-corrected chi connectivity index (χ3v) is 13.4. The van der Waals surface area contributed by atoms with Gasteiger partial charge in [0.15, 0.2) is 0 Å². The molecule has 0 saturated carbocycles. The second-order valence-corrected chi connectivity index (χ2v) is 21.0. The molecule has 8 unspecified atom stereocenters. The van der Waals surface area contributed by atoms with Crippen molar-refractivity contribution in [1.29, 1.82) is 0 Å². The van der Waals surface area contributed by atoms with E-state index in [2.05, 4.69) is 57.5 Å². The number of carbonyl (C=O) groups is 9. The molecule has 0 saturated heterocycles. The second kappa shape index (κ2) is 30.9. The van der Waals surface area contributed by atoms with Gasteiger partial charge >= 0.3 is 5.97 Å². The molecule has 0 radical (unpaired) electrons. The molecule has 5 aromatic rings. The van der Waals surface area contributed by atoms with E-state index >= 15 is 0 Å². The van der Waals surface area contributed by atoms with Gasteiger partial charge in [0, 0.05) is 65.9 Å². The number of carboxylic acid groups (broad SMARTS) is 1. The molecular weight excluding hydrogens is 1050 g/mol. The van der Waals surface area contributed by atoms with Gasteiger partial charge in [-0.25, -0.2) is 4.98 Å². The molecule has 5 rings (SSSR count). The lowest BCUT2D eigenvalue weighted by Gasteiger charge is -2.27. The fourth-order valence-electron chi connectivity index (χ4n) is 8.80. The summed E-state index contributed by atoms with van der Waals surface area (Å²) >= 11 is 6.04. The molecule has 2 heterocycles. The number of hydrogen-bond donors (Lipinski definition) is 13. The van der Waals surface area contributed by atoms with Gasteiger partial charge < -0.3 is 69.1 Å². The Morgan fingerprint density at radius 2 is 1.29 bits per heavy atom. The van der Waals surface area contributed by atoms with Crippen molar-refractivity contribution < 1.29 is 48.3 Å². The van der Waals surface area contributed by atoms with Crippen LogP contribution < -0.4 is 54.0 Å². The van der Waals surface area contributed by atoms with Gasteiger partial charge in [0.05, 0.1) is 25.0 Å². The van der Waals surface area contributed by atoms with E-state index in [-0.39, 0.29) is 44.6 Å². The zero-order valence-electron chi connectivity index (χ0n) is 45.5. The van der Waals surface area contributed by atoms with Crippen LogP contribution in [0, 0.1) is 11.8 Å². The maximum Gasteiger partial charge on any atom is 0.303 e. The van der Waals surface area contributed by atoms with Crippen LogP contribution in [-0.2, 0) is 68.8 Å². The monoisotopic (exact) mass is 1120 g/mol. The highest BCUT2D eigenvalue weighted by molar-refractivity contribution is 6.30. The van der Waals surface area contributed by atoms with Crippen molar-refractivity contribution in [3.63, 3.8) is 0 Å². The van der Waals surface area contributed by atoms with E-state index in [1.54, 1.807) is 80.7 Å². The molecule has 8 atom stereocenters. The van der Waals surface area contributed by atoms with Crippen LogP contribution in [0.1, 0.15) is 76.3 Å². The van der Waals surface area contributed by atoms with Crippen LogP contribution in [0.2, 0.25) is 5.02 Å². The molecule has 24 heteroatoms. The van der Waals surface area contributed by atoms with Crippen LogP contribution in [-0.4, -0.2) is 135 Å². The molecule has 15 N–H and O–H groups in total. The summed E-state index contributed by atoms with van der Waals surface area (Å²) in [6.07, 6.45) is 4.56. The number of nitrogens with two attached hydrogens (primary N) is 2. The van der Waals surface area contributed by atoms with Crippen LogP contribution in [0.3, 0.4) is 0 Å². The Morgan fingerprint density at radius 3 is 1.94 bits per heavy atom. The van der Waals surface area contributed by atoms with Crippen LogP contribution >= 0.6 is 11.6 Å². The first-order valence-corrected chi connectivity index (χ1v) is 26.8. The van der Waals surface area contributed by atoms with Gasteiger partial charge in [0.25, 0.3) is 0 Å². The Hall–Kier alpha value is -8.15. The number of nitrogens with zero attached hydrogens (tertiary/aromatic N) is 1. The predicted molar refractivity (Wildman–Crippen MR) is 300 cm³/mol. The lowest BCUT2D eigenvalue weighted by molar-refractivity contribution is -0.138. The highest BCUT2D eigenvalue weighted by atomic mass is 35.5. The van der Waals surface area contributed by atoms with Crippen molar-refractivity contribution >= 4 is 75.7 Å². The number of para-hydroxylation sites is 1. The van der Waals surface area contributed by atoms with Crippen LogP contribution in [0.5, 0.6) is 0 Å². The van der Waals surface area contributed by atoms with Crippen molar-refractivity contribution in [2.24, 2.45) is 23.3 Å². The fourth-order valence-corrected chi connectivity index (χ4v) is 8.92. The van der Waals surface area contributed by atoms with Crippen molar-refractivity contribution in [1.82, 2.24) is 57.5 Å². The molecule has 0 aliphatic carbocycles. The number of aromatic amines is 2. The lowest BCUT2D eigenvalue weighted by atomic mass is 10.0. The highest BCUT2D eigenvalue weighted by Crippen LogP contribution is 2.20. The number of aliphatic carboxylic acids is 1. The third-order valence-electron chi connectivity index (χ3n) is 13.1. The molecule has 8 amide bonds. The summed E-state index contributed by atoms with van der Waals surface area (Å²) in [4.78, 5) is 131. The SMILES string of the molecule is CC(C)CC(CNC(Cc1ccc(Cl)cc1)C(N)=O)NC(=O)C(Cc1cnc[nH]1)NC(=O)CNC(=O)C(NC(=O)C(C)NC(=O)C(Cc1c[nH]c2ccccc12)NC(=O)C(CCC(=O)O)NC(=O)C(N)Cc1ccccc1)C(C)C. The largest absolute Gasteiger partial charge is 0.481 e. The molecule has 0 bridgehead atoms. The molecule has 0 aliphatic heterocycles. The lowest BCUT2D eigenvalue weighted by Crippen LogP contribution is -2.59. The normalized spacial score (nSPS) is 14.3. The fraction of sp³-hybridized carbons (Fsp3) is 0.429. The standard InChI is InChI=1S/C56H74ClN13O10/c1-31(2)21-39(28-62-44(50(59)74)23-35-15-17-37(57)18-16-35)66-55(79)46(25-38-27-60-30-64-38)67-47(71)29-63-56(80)49(32(3)4)70-51(75)33(5)65-54(78)45(24-36-26-61-42-14-10-9-13-40(36)42)69-53(77)43(19-20-48(72)73)68-52(76)41(58)22-34-11-7-6-8-12-34/h6-18,26-27,30-33,39,41,43-46,49,61-62H,19-25,28-29,58H2,1-5H3,(H2,59,74)(H,60,64)(H,63,80)(H,65,78)(H,66,79)(H,67,71)(H,68,76)(H,69,77)(H,70,75)(H,72,73). The summed E-state index contributed by atoms with van der Waals surface area (Å²) in [7, 11) is 0. The van der Waals surface area contributed by atoms with Gasteiger partial charge in [-0.15, -0.1) is 0 Å². The molecule has 430 valence electrons. The number of rotatable bonds is 32. The Morgan fingerprint density at radius 1 is 0.650 bits per heavy atom. The molecule has 80 heavy (non-hydrogen) atoms. The number of halogens is 1. The van der Waals surface area contributed by atoms with E-state index in [4.69, 9.17) is 23.1 Å². The predicted octanol–water partition coefficient (Wildman–Crippen LogP) is 1.20. The van der Waals surface area contributed by atoms with Gasteiger partial charge in [-0.3, -0.25) is 43.2 Å². The average molecular weight is 1120 g/mol. The topological polar surface area (TPSA) is 367 Å². The number of carboxylic acids is 1. The second-order valence-electron chi connectivity index (χ2n) is 20.5. The first-order chi connectivity index (χ1) is 38.1. The quantitative estimate of drug-likeness (QED) is 0.0288. The molecule has 23 nitrogen and oxygen atoms in total. The maximum atomic E-state index is 14.2. The van der Waals surface area contributed by atoms with Gasteiger partial charge in [-0.2, -0.15) is 0 Å². The number of imidazole rings is 1. The van der Waals surface area contributed by atoms with Crippen LogP contribution in [0.25, 0.3) is 10.9 Å². The Balaban J connectivity index is 1.23. The number of fused-ring (bicyclic) bond motifs is 1. The van der Waals surface area contributed by atoms with Crippen LogP contribution in [0.4, 0.5) is 0 Å². The number of benzene rings is 3. The Bertz CT molecular complexity index is 2880. The molecule has 0 aliphatic rings. The number of H-pyrrole nitrogens is 2. The smallest absolute Gasteiger partial charge is 0.303 e. The number of carbonyl (C=O) groups excluding carboxylic acids is 8.